The second-order valence-electron chi connectivity index (χ2n) is 8.22. The van der Waals surface area contributed by atoms with Crippen LogP contribution >= 0.6 is 11.6 Å². The van der Waals surface area contributed by atoms with Crippen LogP contribution in [0.15, 0.2) is 71.9 Å². The molecule has 37 heavy (non-hydrogen) atoms. The van der Waals surface area contributed by atoms with Crippen LogP contribution in [-0.4, -0.2) is 54.3 Å². The molecule has 5 rings (SSSR count). The van der Waals surface area contributed by atoms with E-state index in [0.29, 0.717) is 16.5 Å². The minimum absolute atomic E-state index is 0.0364. The molecular formula is C24H24ClN7O4S. The summed E-state index contributed by atoms with van der Waals surface area (Å²) in [4.78, 5) is 10.7. The fourth-order valence-corrected chi connectivity index (χ4v) is 4.80. The lowest BCUT2D eigenvalue weighted by molar-refractivity contribution is 0.435. The number of hydrogen-bond donors (Lipinski definition) is 2. The van der Waals surface area contributed by atoms with Crippen LogP contribution in [-0.2, 0) is 17.1 Å². The van der Waals surface area contributed by atoms with E-state index in [1.54, 1.807) is 31.3 Å². The second kappa shape index (κ2) is 10.6. The highest BCUT2D eigenvalue weighted by Crippen LogP contribution is 2.30. The molecule has 2 N–H and O–H groups in total. The van der Waals surface area contributed by atoms with Gasteiger partial charge in [-0.3, -0.25) is 4.68 Å². The molecule has 0 radical (unpaired) electrons. The summed E-state index contributed by atoms with van der Waals surface area (Å²) >= 11 is 6.06. The molecule has 0 aliphatic carbocycles. The maximum atomic E-state index is 12.8. The monoisotopic (exact) mass is 541 g/mol. The van der Waals surface area contributed by atoms with Crippen LogP contribution in [0.2, 0.25) is 5.02 Å². The molecule has 1 fully saturated rings. The average Bonchev–Trinajstić information content (AvgIpc) is 3.32. The molecular weight excluding hydrogens is 518 g/mol. The first-order valence-electron chi connectivity index (χ1n) is 11.4. The number of piperazine rings is 1. The first-order valence-corrected chi connectivity index (χ1v) is 13.3. The van der Waals surface area contributed by atoms with Crippen LogP contribution in [0.1, 0.15) is 0 Å². The molecule has 1 aliphatic rings. The van der Waals surface area contributed by atoms with E-state index in [-0.39, 0.29) is 22.6 Å². The lowest BCUT2D eigenvalue weighted by atomic mass is 10.2. The highest BCUT2D eigenvalue weighted by molar-refractivity contribution is 7.92. The van der Waals surface area contributed by atoms with Crippen molar-refractivity contribution >= 4 is 33.3 Å². The number of halogens is 1. The zero-order valence-corrected chi connectivity index (χ0v) is 21.4. The Balaban J connectivity index is 1.42. The van der Waals surface area contributed by atoms with Gasteiger partial charge in [0.2, 0.25) is 17.7 Å². The fraction of sp³-hybridized carbons (Fsp3) is 0.208. The molecule has 2 aromatic heterocycles. The van der Waals surface area contributed by atoms with E-state index in [2.05, 4.69) is 30.0 Å². The maximum Gasteiger partial charge on any atom is 0.267 e. The van der Waals surface area contributed by atoms with Crippen LogP contribution in [0, 0.1) is 0 Å². The number of sulfonamides is 1. The van der Waals surface area contributed by atoms with Crippen molar-refractivity contribution in [1.82, 2.24) is 25.1 Å². The molecule has 0 bridgehead atoms. The molecule has 2 aromatic carbocycles. The van der Waals surface area contributed by atoms with Gasteiger partial charge in [0.15, 0.2) is 0 Å². The van der Waals surface area contributed by atoms with Gasteiger partial charge in [-0.2, -0.15) is 15.1 Å². The molecule has 192 valence electrons. The predicted octanol–water partition coefficient (Wildman–Crippen LogP) is 3.66. The third-order valence-electron chi connectivity index (χ3n) is 5.46. The van der Waals surface area contributed by atoms with E-state index in [4.69, 9.17) is 21.1 Å². The Bertz CT molecular complexity index is 1490. The Kier molecular flexibility index (Phi) is 7.12. The largest absolute Gasteiger partial charge is 0.439 e. The summed E-state index contributed by atoms with van der Waals surface area (Å²) in [5.41, 5.74) is 1.09. The normalized spacial score (nSPS) is 13.8. The zero-order chi connectivity index (χ0) is 25.8. The average molecular weight is 542 g/mol. The zero-order valence-electron chi connectivity index (χ0n) is 19.8. The number of hydrogen-bond acceptors (Lipinski definition) is 9. The Morgan fingerprint density at radius 2 is 1.68 bits per heavy atom. The van der Waals surface area contributed by atoms with E-state index in [1.807, 2.05) is 24.3 Å². The maximum absolute atomic E-state index is 12.8. The van der Waals surface area contributed by atoms with Crippen LogP contribution in [0.25, 0.3) is 0 Å². The topological polar surface area (TPSA) is 124 Å². The third kappa shape index (κ3) is 6.28. The van der Waals surface area contributed by atoms with Gasteiger partial charge in [-0.05, 0) is 42.5 Å². The fourth-order valence-electron chi connectivity index (χ4n) is 3.69. The van der Waals surface area contributed by atoms with Gasteiger partial charge in [0.05, 0.1) is 12.3 Å². The van der Waals surface area contributed by atoms with E-state index in [9.17, 15) is 8.42 Å². The molecule has 13 heteroatoms. The van der Waals surface area contributed by atoms with Crippen molar-refractivity contribution in [2.24, 2.45) is 7.05 Å². The van der Waals surface area contributed by atoms with Crippen molar-refractivity contribution in [3.8, 4) is 23.3 Å². The molecule has 0 amide bonds. The number of aryl methyl sites for hydroxylation is 1. The van der Waals surface area contributed by atoms with Crippen molar-refractivity contribution in [3.05, 3.63) is 72.0 Å². The van der Waals surface area contributed by atoms with Crippen molar-refractivity contribution < 1.29 is 17.9 Å². The number of ether oxygens (including phenoxy) is 2. The summed E-state index contributed by atoms with van der Waals surface area (Å²) in [5, 5.41) is 7.72. The first-order chi connectivity index (χ1) is 17.8. The van der Waals surface area contributed by atoms with Crippen molar-refractivity contribution in [2.45, 2.75) is 4.90 Å². The molecule has 1 saturated heterocycles. The number of benzene rings is 2. The number of nitrogens with zero attached hydrogens (tertiary/aromatic N) is 5. The highest BCUT2D eigenvalue weighted by atomic mass is 35.5. The van der Waals surface area contributed by atoms with Gasteiger partial charge in [0.25, 0.3) is 10.0 Å². The SMILES string of the molecule is Cn1cc(S(=O)(=O)Nc2nc(Oc3ccc(N4CCNCC4)cc3)cc(Oc3cccc(Cl)c3)n2)cn1. The van der Waals surface area contributed by atoms with Gasteiger partial charge in [-0.1, -0.05) is 17.7 Å². The van der Waals surface area contributed by atoms with Crippen LogP contribution in [0.4, 0.5) is 11.6 Å². The molecule has 0 spiro atoms. The van der Waals surface area contributed by atoms with Gasteiger partial charge in [0.1, 0.15) is 16.4 Å². The molecule has 4 aromatic rings. The molecule has 3 heterocycles. The number of aromatic nitrogens is 4. The van der Waals surface area contributed by atoms with Gasteiger partial charge in [0, 0.05) is 50.1 Å². The van der Waals surface area contributed by atoms with Gasteiger partial charge in [-0.25, -0.2) is 13.1 Å². The van der Waals surface area contributed by atoms with Crippen molar-refractivity contribution in [1.29, 1.82) is 0 Å². The van der Waals surface area contributed by atoms with E-state index >= 15 is 0 Å². The molecule has 11 nitrogen and oxygen atoms in total. The van der Waals surface area contributed by atoms with Crippen LogP contribution < -0.4 is 24.4 Å². The third-order valence-corrected chi connectivity index (χ3v) is 6.97. The summed E-state index contributed by atoms with van der Waals surface area (Å²) in [6.07, 6.45) is 2.60. The van der Waals surface area contributed by atoms with Crippen molar-refractivity contribution in [2.75, 3.05) is 35.8 Å². The van der Waals surface area contributed by atoms with Crippen molar-refractivity contribution in [3.63, 3.8) is 0 Å². The number of rotatable bonds is 8. The first kappa shape index (κ1) is 24.8. The van der Waals surface area contributed by atoms with E-state index in [1.165, 1.54) is 23.1 Å². The Hall–Kier alpha value is -3.87. The highest BCUT2D eigenvalue weighted by Gasteiger charge is 2.20. The van der Waals surface area contributed by atoms with Crippen LogP contribution in [0.3, 0.4) is 0 Å². The van der Waals surface area contributed by atoms with E-state index < -0.39 is 10.0 Å². The summed E-state index contributed by atoms with van der Waals surface area (Å²) in [6.45, 7) is 3.73. The van der Waals surface area contributed by atoms with Gasteiger partial charge < -0.3 is 19.7 Å². The number of nitrogens with one attached hydrogen (secondary N) is 2. The minimum atomic E-state index is -4.00. The molecule has 0 unspecified atom stereocenters. The lowest BCUT2D eigenvalue weighted by Crippen LogP contribution is -2.43. The van der Waals surface area contributed by atoms with E-state index in [0.717, 1.165) is 31.9 Å². The summed E-state index contributed by atoms with van der Waals surface area (Å²) < 4.78 is 41.2. The van der Waals surface area contributed by atoms with Gasteiger partial charge in [-0.15, -0.1) is 0 Å². The predicted molar refractivity (Wildman–Crippen MR) is 139 cm³/mol. The minimum Gasteiger partial charge on any atom is -0.439 e. The quantitative estimate of drug-likeness (QED) is 0.344. The second-order valence-corrected chi connectivity index (χ2v) is 10.3. The van der Waals surface area contributed by atoms with Crippen LogP contribution in [0.5, 0.6) is 23.3 Å². The lowest BCUT2D eigenvalue weighted by Gasteiger charge is -2.29. The molecule has 1 aliphatic heterocycles. The smallest absolute Gasteiger partial charge is 0.267 e. The summed E-state index contributed by atoms with van der Waals surface area (Å²) in [7, 11) is -2.38. The molecule has 0 saturated carbocycles. The standard InChI is InChI=1S/C24H24ClN7O4S/c1-31-16-21(15-27-31)37(33,34)30-24-28-22(14-23(29-24)36-20-4-2-3-17(25)13-20)35-19-7-5-18(6-8-19)32-11-9-26-10-12-32/h2-8,13-16,26H,9-12H2,1H3,(H,28,29,30). The Morgan fingerprint density at radius 1 is 0.973 bits per heavy atom. The number of anilines is 2. The van der Waals surface area contributed by atoms with Gasteiger partial charge >= 0.3 is 0 Å². The Labute approximate surface area is 219 Å². The molecule has 0 atom stereocenters. The Morgan fingerprint density at radius 3 is 2.32 bits per heavy atom. The summed E-state index contributed by atoms with van der Waals surface area (Å²) in [6, 6.07) is 15.8. The summed E-state index contributed by atoms with van der Waals surface area (Å²) in [5.74, 6) is 0.862.